The van der Waals surface area contributed by atoms with Crippen molar-refractivity contribution in [2.45, 2.75) is 25.1 Å². The van der Waals surface area contributed by atoms with E-state index in [1.807, 2.05) is 0 Å². The second-order valence-electron chi connectivity index (χ2n) is 3.43. The van der Waals surface area contributed by atoms with E-state index in [0.717, 1.165) is 6.07 Å². The topological polar surface area (TPSA) is 43.1 Å². The zero-order valence-electron chi connectivity index (χ0n) is 8.41. The molecule has 82 valence electrons. The summed E-state index contributed by atoms with van der Waals surface area (Å²) in [6.07, 6.45) is 0. The molecule has 0 amide bonds. The van der Waals surface area contributed by atoms with Crippen LogP contribution in [0.3, 0.4) is 0 Å². The Balaban J connectivity index is 3.22. The van der Waals surface area contributed by atoms with Crippen LogP contribution in [0.4, 0.5) is 10.1 Å². The molecule has 15 heavy (non-hydrogen) atoms. The number of benzene rings is 1. The number of hydrogen-bond acceptors (Lipinski definition) is 2. The molecule has 0 aliphatic carbocycles. The van der Waals surface area contributed by atoms with Crippen molar-refractivity contribution in [1.29, 1.82) is 0 Å². The zero-order valence-corrected chi connectivity index (χ0v) is 9.16. The molecular formula is C10H11ClFNO2. The number of hydrogen-bond donors (Lipinski definition) is 0. The summed E-state index contributed by atoms with van der Waals surface area (Å²) < 4.78 is 12.8. The van der Waals surface area contributed by atoms with Crippen molar-refractivity contribution in [3.05, 3.63) is 39.7 Å². The molecular weight excluding hydrogens is 221 g/mol. The highest BCUT2D eigenvalue weighted by Crippen LogP contribution is 2.31. The lowest BCUT2D eigenvalue weighted by molar-refractivity contribution is -0.385. The third-order valence-electron chi connectivity index (χ3n) is 2.37. The molecule has 1 rings (SSSR count). The fraction of sp³-hybridized carbons (Fsp3) is 0.400. The first-order chi connectivity index (χ1) is 6.93. The van der Waals surface area contributed by atoms with Crippen molar-refractivity contribution >= 4 is 17.3 Å². The highest BCUT2D eigenvalue weighted by Gasteiger charge is 2.22. The summed E-state index contributed by atoms with van der Waals surface area (Å²) in [5.74, 6) is -0.799. The number of nitro benzene ring substituents is 1. The minimum Gasteiger partial charge on any atom is -0.258 e. The van der Waals surface area contributed by atoms with Gasteiger partial charge in [0.1, 0.15) is 5.82 Å². The molecule has 2 atom stereocenters. The first-order valence-corrected chi connectivity index (χ1v) is 4.95. The lowest BCUT2D eigenvalue weighted by atomic mass is 9.96. The van der Waals surface area contributed by atoms with Crippen LogP contribution in [0, 0.1) is 15.9 Å². The Bertz CT molecular complexity index is 382. The van der Waals surface area contributed by atoms with Crippen LogP contribution in [-0.4, -0.2) is 10.3 Å². The van der Waals surface area contributed by atoms with E-state index in [-0.39, 0.29) is 17.0 Å². The van der Waals surface area contributed by atoms with Crippen LogP contribution in [0.25, 0.3) is 0 Å². The van der Waals surface area contributed by atoms with Crippen molar-refractivity contribution in [3.63, 3.8) is 0 Å². The molecule has 0 radical (unpaired) electrons. The third kappa shape index (κ3) is 2.65. The van der Waals surface area contributed by atoms with Gasteiger partial charge in [-0.25, -0.2) is 4.39 Å². The molecule has 1 aromatic carbocycles. The van der Waals surface area contributed by atoms with Gasteiger partial charge in [-0.15, -0.1) is 11.6 Å². The average molecular weight is 232 g/mol. The number of alkyl halides is 1. The Morgan fingerprint density at radius 2 is 2.07 bits per heavy atom. The molecule has 2 unspecified atom stereocenters. The van der Waals surface area contributed by atoms with Crippen LogP contribution >= 0.6 is 11.6 Å². The highest BCUT2D eigenvalue weighted by molar-refractivity contribution is 6.20. The SMILES string of the molecule is CC(Cl)C(C)c1ccc(F)cc1[N+](=O)[O-]. The van der Waals surface area contributed by atoms with E-state index in [2.05, 4.69) is 0 Å². The Labute approximate surface area is 92.0 Å². The average Bonchev–Trinajstić information content (AvgIpc) is 2.16. The molecule has 0 spiro atoms. The Hall–Kier alpha value is -1.16. The Kier molecular flexibility index (Phi) is 3.63. The van der Waals surface area contributed by atoms with Gasteiger partial charge in [-0.2, -0.15) is 0 Å². The quantitative estimate of drug-likeness (QED) is 0.454. The molecule has 0 saturated heterocycles. The van der Waals surface area contributed by atoms with Gasteiger partial charge in [0.2, 0.25) is 0 Å². The van der Waals surface area contributed by atoms with Crippen molar-refractivity contribution < 1.29 is 9.31 Å². The predicted octanol–water partition coefficient (Wildman–Crippen LogP) is 3.46. The monoisotopic (exact) mass is 231 g/mol. The maximum Gasteiger partial charge on any atom is 0.275 e. The maximum absolute atomic E-state index is 12.8. The predicted molar refractivity (Wildman–Crippen MR) is 56.8 cm³/mol. The number of rotatable bonds is 3. The van der Waals surface area contributed by atoms with Crippen LogP contribution in [-0.2, 0) is 0 Å². The lowest BCUT2D eigenvalue weighted by Crippen LogP contribution is -2.08. The first kappa shape index (κ1) is 11.9. The summed E-state index contributed by atoms with van der Waals surface area (Å²) in [6, 6.07) is 3.54. The smallest absolute Gasteiger partial charge is 0.258 e. The van der Waals surface area contributed by atoms with Gasteiger partial charge in [-0.05, 0) is 19.1 Å². The Morgan fingerprint density at radius 1 is 1.47 bits per heavy atom. The first-order valence-electron chi connectivity index (χ1n) is 4.51. The van der Waals surface area contributed by atoms with Gasteiger partial charge in [-0.3, -0.25) is 10.1 Å². The number of nitrogens with zero attached hydrogens (tertiary/aromatic N) is 1. The summed E-state index contributed by atoms with van der Waals surface area (Å²) in [7, 11) is 0. The van der Waals surface area contributed by atoms with Crippen molar-refractivity contribution in [2.24, 2.45) is 0 Å². The highest BCUT2D eigenvalue weighted by atomic mass is 35.5. The van der Waals surface area contributed by atoms with Gasteiger partial charge in [-0.1, -0.05) is 6.92 Å². The van der Waals surface area contributed by atoms with E-state index < -0.39 is 10.7 Å². The van der Waals surface area contributed by atoms with Crippen molar-refractivity contribution in [2.75, 3.05) is 0 Å². The normalized spacial score (nSPS) is 14.7. The molecule has 0 aliphatic rings. The van der Waals surface area contributed by atoms with E-state index in [1.54, 1.807) is 13.8 Å². The molecule has 3 nitrogen and oxygen atoms in total. The minimum absolute atomic E-state index is 0.187. The van der Waals surface area contributed by atoms with E-state index >= 15 is 0 Å². The molecule has 0 heterocycles. The molecule has 0 N–H and O–H groups in total. The lowest BCUT2D eigenvalue weighted by Gasteiger charge is -2.14. The maximum atomic E-state index is 12.8. The second-order valence-corrected chi connectivity index (χ2v) is 4.11. The second kappa shape index (κ2) is 4.57. The van der Waals surface area contributed by atoms with Gasteiger partial charge in [0.15, 0.2) is 0 Å². The summed E-state index contributed by atoms with van der Waals surface area (Å²) >= 11 is 5.86. The fourth-order valence-corrected chi connectivity index (χ4v) is 1.44. The van der Waals surface area contributed by atoms with Gasteiger partial charge in [0.25, 0.3) is 5.69 Å². The van der Waals surface area contributed by atoms with Crippen LogP contribution in [0.2, 0.25) is 0 Å². The minimum atomic E-state index is -0.611. The Morgan fingerprint density at radius 3 is 2.53 bits per heavy atom. The summed E-state index contributed by atoms with van der Waals surface area (Å²) in [5.41, 5.74) is 0.249. The molecule has 1 aromatic rings. The van der Waals surface area contributed by atoms with Gasteiger partial charge in [0, 0.05) is 16.9 Å². The summed E-state index contributed by atoms with van der Waals surface area (Å²) in [6.45, 7) is 3.53. The van der Waals surface area contributed by atoms with Crippen LogP contribution in [0.1, 0.15) is 25.3 Å². The van der Waals surface area contributed by atoms with Crippen molar-refractivity contribution in [3.8, 4) is 0 Å². The summed E-state index contributed by atoms with van der Waals surface area (Å²) in [5, 5.41) is 10.5. The zero-order chi connectivity index (χ0) is 11.6. The number of nitro groups is 1. The fourth-order valence-electron chi connectivity index (χ4n) is 1.31. The van der Waals surface area contributed by atoms with Gasteiger partial charge in [0.05, 0.1) is 11.0 Å². The molecule has 0 aromatic heterocycles. The van der Waals surface area contributed by atoms with Gasteiger partial charge >= 0.3 is 0 Å². The molecule has 0 bridgehead atoms. The van der Waals surface area contributed by atoms with E-state index in [9.17, 15) is 14.5 Å². The molecule has 0 saturated carbocycles. The standard InChI is InChI=1S/C10H11ClFNO2/c1-6(7(2)11)9-4-3-8(12)5-10(9)13(14)15/h3-7H,1-2H3. The summed E-state index contributed by atoms with van der Waals surface area (Å²) in [4.78, 5) is 10.1. The number of halogens is 2. The third-order valence-corrected chi connectivity index (χ3v) is 2.75. The van der Waals surface area contributed by atoms with Crippen molar-refractivity contribution in [1.82, 2.24) is 0 Å². The largest absolute Gasteiger partial charge is 0.275 e. The molecule has 5 heteroatoms. The van der Waals surface area contributed by atoms with E-state index in [4.69, 9.17) is 11.6 Å². The van der Waals surface area contributed by atoms with Crippen LogP contribution in [0.5, 0.6) is 0 Å². The van der Waals surface area contributed by atoms with E-state index in [1.165, 1.54) is 12.1 Å². The molecule has 0 fully saturated rings. The molecule has 0 aliphatic heterocycles. The van der Waals surface area contributed by atoms with Crippen LogP contribution in [0.15, 0.2) is 18.2 Å². The van der Waals surface area contributed by atoms with E-state index in [0.29, 0.717) is 5.56 Å². The van der Waals surface area contributed by atoms with Gasteiger partial charge < -0.3 is 0 Å². The van der Waals surface area contributed by atoms with Crippen LogP contribution < -0.4 is 0 Å².